The molecule has 1 saturated heterocycles. The Kier molecular flexibility index (Phi) is 7.49. The van der Waals surface area contributed by atoms with Crippen LogP contribution in [-0.2, 0) is 15.1 Å². The topological polar surface area (TPSA) is 71.8 Å². The van der Waals surface area contributed by atoms with Crippen molar-refractivity contribution < 1.29 is 18.9 Å². The standard InChI is InChI=1S/C35H30N2O5S/c1-39-27-19-17-26(18-20-27)35(24-11-5-2-6-12-24,25-13-7-3-8-14-25)40-23-29-32(43-28-15-9-4-10-16-28)31-33(41-29)37-22-21-30(38)36-34(37)42-31/h2-22,29,31-33H,23H2,1H3/t29-,31+,32+,33-/m1/s1. The van der Waals surface area contributed by atoms with Gasteiger partial charge in [0.2, 0.25) is 0 Å². The van der Waals surface area contributed by atoms with E-state index in [2.05, 4.69) is 53.5 Å². The summed E-state index contributed by atoms with van der Waals surface area (Å²) in [5.41, 5.74) is 1.70. The van der Waals surface area contributed by atoms with Gasteiger partial charge in [0.05, 0.1) is 25.1 Å². The van der Waals surface area contributed by atoms with Crippen LogP contribution in [0.2, 0.25) is 0 Å². The summed E-state index contributed by atoms with van der Waals surface area (Å²) < 4.78 is 27.4. The van der Waals surface area contributed by atoms with E-state index in [1.807, 2.05) is 66.7 Å². The fourth-order valence-electron chi connectivity index (χ4n) is 5.92. The van der Waals surface area contributed by atoms with Gasteiger partial charge in [-0.25, -0.2) is 0 Å². The molecular weight excluding hydrogens is 560 g/mol. The second-order valence-electron chi connectivity index (χ2n) is 10.5. The Balaban J connectivity index is 1.29. The molecule has 2 aliphatic heterocycles. The van der Waals surface area contributed by atoms with Gasteiger partial charge < -0.3 is 18.9 Å². The Morgan fingerprint density at radius 3 is 2.05 bits per heavy atom. The number of hydrogen-bond donors (Lipinski definition) is 0. The lowest BCUT2D eigenvalue weighted by molar-refractivity contribution is -0.0759. The molecule has 3 heterocycles. The Morgan fingerprint density at radius 1 is 0.814 bits per heavy atom. The van der Waals surface area contributed by atoms with Gasteiger partial charge in [-0.2, -0.15) is 4.98 Å². The average molecular weight is 591 g/mol. The van der Waals surface area contributed by atoms with Crippen LogP contribution < -0.4 is 15.0 Å². The predicted octanol–water partition coefficient (Wildman–Crippen LogP) is 6.08. The average Bonchev–Trinajstić information content (AvgIpc) is 3.58. The van der Waals surface area contributed by atoms with Crippen LogP contribution in [0.15, 0.2) is 137 Å². The molecule has 0 bridgehead atoms. The van der Waals surface area contributed by atoms with Crippen LogP contribution in [0.1, 0.15) is 22.9 Å². The van der Waals surface area contributed by atoms with Gasteiger partial charge in [0.15, 0.2) is 12.3 Å². The van der Waals surface area contributed by atoms with Gasteiger partial charge in [-0.15, -0.1) is 11.8 Å². The van der Waals surface area contributed by atoms with E-state index in [9.17, 15) is 4.79 Å². The summed E-state index contributed by atoms with van der Waals surface area (Å²) in [6, 6.07) is 40.5. The SMILES string of the molecule is COc1ccc(C(OC[C@H]2O[C@@H]3[C@@H](Oc4nc(=O)ccn43)[C@H]2Sc2ccccc2)(c2ccccc2)c2ccccc2)cc1. The molecule has 2 aliphatic rings. The normalized spacial score (nSPS) is 20.7. The van der Waals surface area contributed by atoms with Crippen LogP contribution in [-0.4, -0.2) is 40.7 Å². The van der Waals surface area contributed by atoms with Crippen molar-refractivity contribution >= 4 is 11.8 Å². The third kappa shape index (κ3) is 5.12. The molecule has 0 amide bonds. The summed E-state index contributed by atoms with van der Waals surface area (Å²) >= 11 is 1.69. The lowest BCUT2D eigenvalue weighted by Crippen LogP contribution is -2.39. The van der Waals surface area contributed by atoms with Crippen molar-refractivity contribution in [3.63, 3.8) is 0 Å². The minimum atomic E-state index is -0.928. The smallest absolute Gasteiger partial charge is 0.302 e. The third-order valence-electron chi connectivity index (χ3n) is 7.94. The highest BCUT2D eigenvalue weighted by Crippen LogP contribution is 2.47. The van der Waals surface area contributed by atoms with Crippen LogP contribution in [0.3, 0.4) is 0 Å². The van der Waals surface area contributed by atoms with Crippen molar-refractivity contribution in [3.05, 3.63) is 155 Å². The summed E-state index contributed by atoms with van der Waals surface area (Å²) in [5, 5.41) is -0.135. The van der Waals surface area contributed by atoms with E-state index in [1.54, 1.807) is 29.6 Å². The van der Waals surface area contributed by atoms with E-state index in [0.29, 0.717) is 0 Å². The molecule has 216 valence electrons. The first-order valence-corrected chi connectivity index (χ1v) is 15.1. The third-order valence-corrected chi connectivity index (χ3v) is 9.33. The molecule has 0 unspecified atom stereocenters. The summed E-state index contributed by atoms with van der Waals surface area (Å²) in [7, 11) is 1.66. The van der Waals surface area contributed by atoms with Crippen molar-refractivity contribution in [3.8, 4) is 11.8 Å². The maximum atomic E-state index is 12.0. The maximum Gasteiger partial charge on any atom is 0.302 e. The van der Waals surface area contributed by atoms with Crippen molar-refractivity contribution in [1.82, 2.24) is 9.55 Å². The number of thioether (sulfide) groups is 1. The number of benzene rings is 4. The number of aromatic nitrogens is 2. The molecule has 5 aromatic rings. The molecule has 0 spiro atoms. The monoisotopic (exact) mass is 590 g/mol. The largest absolute Gasteiger partial charge is 0.497 e. The molecule has 0 radical (unpaired) electrons. The van der Waals surface area contributed by atoms with Crippen molar-refractivity contribution in [2.24, 2.45) is 0 Å². The zero-order valence-corrected chi connectivity index (χ0v) is 24.3. The van der Waals surface area contributed by atoms with Crippen LogP contribution >= 0.6 is 11.8 Å². The molecule has 4 atom stereocenters. The van der Waals surface area contributed by atoms with Gasteiger partial charge in [-0.3, -0.25) is 9.36 Å². The second kappa shape index (κ2) is 11.7. The number of hydrogen-bond acceptors (Lipinski definition) is 7. The minimum absolute atomic E-state index is 0.135. The fraction of sp³-hybridized carbons (Fsp3) is 0.200. The van der Waals surface area contributed by atoms with Gasteiger partial charge in [-0.1, -0.05) is 91.0 Å². The van der Waals surface area contributed by atoms with Gasteiger partial charge >= 0.3 is 6.01 Å². The lowest BCUT2D eigenvalue weighted by Gasteiger charge is -2.37. The highest BCUT2D eigenvalue weighted by atomic mass is 32.2. The Morgan fingerprint density at radius 2 is 1.42 bits per heavy atom. The molecule has 1 aromatic heterocycles. The van der Waals surface area contributed by atoms with Gasteiger partial charge in [0.1, 0.15) is 11.4 Å². The summed E-state index contributed by atoms with van der Waals surface area (Å²) in [6.07, 6.45) is 0.579. The van der Waals surface area contributed by atoms with Crippen LogP contribution in [0.5, 0.6) is 11.8 Å². The van der Waals surface area contributed by atoms with Crippen molar-refractivity contribution in [1.29, 1.82) is 0 Å². The number of fused-ring (bicyclic) bond motifs is 3. The van der Waals surface area contributed by atoms with Gasteiger partial charge in [-0.05, 0) is 41.0 Å². The van der Waals surface area contributed by atoms with E-state index in [4.69, 9.17) is 18.9 Å². The zero-order valence-electron chi connectivity index (χ0n) is 23.5. The molecule has 8 heteroatoms. The fourth-order valence-corrected chi connectivity index (χ4v) is 7.17. The molecule has 0 saturated carbocycles. The highest BCUT2D eigenvalue weighted by molar-refractivity contribution is 8.00. The van der Waals surface area contributed by atoms with E-state index in [-0.39, 0.29) is 35.6 Å². The number of ether oxygens (including phenoxy) is 4. The maximum absolute atomic E-state index is 12.0. The Labute approximate surface area is 254 Å². The van der Waals surface area contributed by atoms with Crippen LogP contribution in [0.25, 0.3) is 0 Å². The van der Waals surface area contributed by atoms with Gasteiger partial charge in [0.25, 0.3) is 5.56 Å². The van der Waals surface area contributed by atoms with E-state index in [1.165, 1.54) is 6.07 Å². The van der Waals surface area contributed by atoms with E-state index in [0.717, 1.165) is 27.3 Å². The van der Waals surface area contributed by atoms with Crippen molar-refractivity contribution in [2.75, 3.05) is 13.7 Å². The first-order valence-electron chi connectivity index (χ1n) is 14.2. The summed E-state index contributed by atoms with van der Waals surface area (Å²) in [5.74, 6) is 0.771. The Hall–Kier alpha value is -4.37. The number of methoxy groups -OCH3 is 1. The van der Waals surface area contributed by atoms with Crippen molar-refractivity contribution in [2.45, 2.75) is 34.2 Å². The highest BCUT2D eigenvalue weighted by Gasteiger charge is 2.53. The molecule has 7 nitrogen and oxygen atoms in total. The molecule has 7 rings (SSSR count). The summed E-state index contributed by atoms with van der Waals surface area (Å²) in [4.78, 5) is 17.1. The second-order valence-corrected chi connectivity index (χ2v) is 11.7. The molecule has 0 N–H and O–H groups in total. The Bertz CT molecular complexity index is 1690. The van der Waals surface area contributed by atoms with Gasteiger partial charge in [0, 0.05) is 17.2 Å². The number of rotatable bonds is 9. The van der Waals surface area contributed by atoms with Crippen LogP contribution in [0, 0.1) is 0 Å². The molecule has 0 aliphatic carbocycles. The first kappa shape index (κ1) is 27.5. The molecule has 1 fully saturated rings. The predicted molar refractivity (Wildman–Crippen MR) is 165 cm³/mol. The zero-order chi connectivity index (χ0) is 29.2. The molecular formula is C35H30N2O5S. The first-order chi connectivity index (χ1) is 21.2. The lowest BCUT2D eigenvalue weighted by atomic mass is 9.80. The molecule has 43 heavy (non-hydrogen) atoms. The quantitative estimate of drug-likeness (QED) is 0.193. The molecule has 4 aromatic carbocycles. The van der Waals surface area contributed by atoms with E-state index >= 15 is 0 Å². The van der Waals surface area contributed by atoms with Crippen LogP contribution in [0.4, 0.5) is 0 Å². The van der Waals surface area contributed by atoms with E-state index < -0.39 is 11.8 Å². The number of nitrogens with zero attached hydrogens (tertiary/aromatic N) is 2. The minimum Gasteiger partial charge on any atom is -0.497 e. The summed E-state index contributed by atoms with van der Waals surface area (Å²) in [6.45, 7) is 0.277.